The largest absolute Gasteiger partial charge is 0.462 e. The minimum absolute atomic E-state index is 0.212. The summed E-state index contributed by atoms with van der Waals surface area (Å²) in [6.45, 7) is 1.95. The molecule has 4 rings (SSSR count). The summed E-state index contributed by atoms with van der Waals surface area (Å²) >= 11 is 2.56. The molecule has 4 aromatic rings. The van der Waals surface area contributed by atoms with Gasteiger partial charge in [-0.05, 0) is 23.9 Å². The molecule has 0 aliphatic carbocycles. The number of carbonyl (C=O) groups excluding carboxylic acids is 3. The molecule has 2 aromatic carbocycles. The van der Waals surface area contributed by atoms with Gasteiger partial charge in [0.15, 0.2) is 6.17 Å². The second kappa shape index (κ2) is 10.9. The highest BCUT2D eigenvalue weighted by Crippen LogP contribution is 2.36. The summed E-state index contributed by atoms with van der Waals surface area (Å²) < 4.78 is 5.31. The van der Waals surface area contributed by atoms with Gasteiger partial charge >= 0.3 is 5.97 Å². The average molecular weight is 491 g/mol. The molecule has 0 unspecified atom stereocenters. The molecule has 0 spiro atoms. The number of amides is 1. The molecule has 0 radical (unpaired) electrons. The highest BCUT2D eigenvalue weighted by Gasteiger charge is 2.28. The van der Waals surface area contributed by atoms with Gasteiger partial charge in [-0.25, -0.2) is 4.79 Å². The van der Waals surface area contributed by atoms with Crippen molar-refractivity contribution in [3.63, 3.8) is 0 Å². The first-order valence-electron chi connectivity index (χ1n) is 10.6. The van der Waals surface area contributed by atoms with Crippen molar-refractivity contribution >= 4 is 45.3 Å². The minimum atomic E-state index is -1.09. The van der Waals surface area contributed by atoms with Gasteiger partial charge in [-0.2, -0.15) is 0 Å². The molecule has 0 aliphatic rings. The highest BCUT2D eigenvalue weighted by molar-refractivity contribution is 7.15. The Bertz CT molecular complexity index is 1270. The summed E-state index contributed by atoms with van der Waals surface area (Å²) in [5.74, 6) is -1.20. The van der Waals surface area contributed by atoms with E-state index in [1.54, 1.807) is 48.7 Å². The first-order valence-corrected chi connectivity index (χ1v) is 12.4. The summed E-state index contributed by atoms with van der Waals surface area (Å²) in [4.78, 5) is 39.6. The molecule has 0 saturated heterocycles. The van der Waals surface area contributed by atoms with Crippen molar-refractivity contribution in [3.8, 4) is 11.1 Å². The van der Waals surface area contributed by atoms with Crippen LogP contribution in [0.5, 0.6) is 0 Å². The molecule has 8 heteroatoms. The van der Waals surface area contributed by atoms with E-state index in [4.69, 9.17) is 4.74 Å². The first-order chi connectivity index (χ1) is 16.6. The lowest BCUT2D eigenvalue weighted by Crippen LogP contribution is -2.46. The lowest BCUT2D eigenvalue weighted by Gasteiger charge is -2.20. The molecule has 172 valence electrons. The highest BCUT2D eigenvalue weighted by atomic mass is 32.1. The van der Waals surface area contributed by atoms with Gasteiger partial charge in [0.1, 0.15) is 10.6 Å². The first kappa shape index (κ1) is 23.4. The second-order valence-electron chi connectivity index (χ2n) is 7.20. The van der Waals surface area contributed by atoms with E-state index in [1.165, 1.54) is 22.7 Å². The average Bonchev–Trinajstić information content (AvgIpc) is 3.55. The van der Waals surface area contributed by atoms with E-state index < -0.39 is 12.1 Å². The van der Waals surface area contributed by atoms with Crippen LogP contribution in [-0.4, -0.2) is 30.4 Å². The SMILES string of the molecule is CCOC(=O)c1c(-c2ccccc2)csc1N[C@@H](NC(=O)c1cccs1)C(=O)c1ccccc1. The minimum Gasteiger partial charge on any atom is -0.462 e. The zero-order valence-corrected chi connectivity index (χ0v) is 19.9. The van der Waals surface area contributed by atoms with Gasteiger partial charge in [0.05, 0.1) is 11.5 Å². The Morgan fingerprint density at radius 2 is 1.62 bits per heavy atom. The molecular weight excluding hydrogens is 468 g/mol. The Balaban J connectivity index is 1.71. The van der Waals surface area contributed by atoms with E-state index in [0.29, 0.717) is 26.6 Å². The quantitative estimate of drug-likeness (QED) is 0.179. The molecule has 0 fully saturated rings. The molecule has 0 bridgehead atoms. The van der Waals surface area contributed by atoms with E-state index in [2.05, 4.69) is 10.6 Å². The molecule has 0 saturated carbocycles. The van der Waals surface area contributed by atoms with Crippen LogP contribution in [-0.2, 0) is 4.74 Å². The van der Waals surface area contributed by atoms with Crippen molar-refractivity contribution in [1.29, 1.82) is 0 Å². The number of carbonyl (C=O) groups is 3. The normalized spacial score (nSPS) is 11.4. The number of hydrogen-bond donors (Lipinski definition) is 2. The van der Waals surface area contributed by atoms with Crippen molar-refractivity contribution in [2.75, 3.05) is 11.9 Å². The molecule has 2 heterocycles. The van der Waals surface area contributed by atoms with Gasteiger partial charge in [-0.1, -0.05) is 66.7 Å². The lowest BCUT2D eigenvalue weighted by atomic mass is 10.0. The zero-order chi connectivity index (χ0) is 23.9. The molecule has 6 nitrogen and oxygen atoms in total. The number of ketones is 1. The number of benzene rings is 2. The Hall–Kier alpha value is -3.75. The number of esters is 1. The summed E-state index contributed by atoms with van der Waals surface area (Å²) in [6.07, 6.45) is -1.09. The number of hydrogen-bond acceptors (Lipinski definition) is 7. The van der Waals surface area contributed by atoms with Gasteiger partial charge in [-0.3, -0.25) is 9.59 Å². The van der Waals surface area contributed by atoms with Crippen LogP contribution in [0.3, 0.4) is 0 Å². The van der Waals surface area contributed by atoms with E-state index >= 15 is 0 Å². The van der Waals surface area contributed by atoms with Crippen molar-refractivity contribution in [2.24, 2.45) is 0 Å². The van der Waals surface area contributed by atoms with Crippen molar-refractivity contribution in [1.82, 2.24) is 5.32 Å². The molecule has 0 aliphatic heterocycles. The summed E-state index contributed by atoms with van der Waals surface area (Å²) in [7, 11) is 0. The Morgan fingerprint density at radius 3 is 2.26 bits per heavy atom. The van der Waals surface area contributed by atoms with E-state index in [1.807, 2.05) is 41.8 Å². The fourth-order valence-electron chi connectivity index (χ4n) is 3.38. The third-order valence-corrected chi connectivity index (χ3v) is 6.75. The lowest BCUT2D eigenvalue weighted by molar-refractivity contribution is 0.0528. The number of anilines is 1. The van der Waals surface area contributed by atoms with Crippen LogP contribution < -0.4 is 10.6 Å². The Kier molecular flexibility index (Phi) is 7.51. The molecule has 1 amide bonds. The maximum Gasteiger partial charge on any atom is 0.341 e. The molecule has 2 N–H and O–H groups in total. The number of Topliss-reactive ketones (excluding diaryl/α,β-unsaturated/α-hetero) is 1. The molecular formula is C26H22N2O4S2. The third-order valence-electron chi connectivity index (χ3n) is 4.97. The van der Waals surface area contributed by atoms with E-state index in [-0.39, 0.29) is 18.3 Å². The van der Waals surface area contributed by atoms with Crippen molar-refractivity contribution in [3.05, 3.63) is 99.6 Å². The molecule has 34 heavy (non-hydrogen) atoms. The second-order valence-corrected chi connectivity index (χ2v) is 9.03. The topological polar surface area (TPSA) is 84.5 Å². The van der Waals surface area contributed by atoms with E-state index in [0.717, 1.165) is 5.56 Å². The van der Waals surface area contributed by atoms with Gasteiger partial charge in [0.2, 0.25) is 5.78 Å². The number of rotatable bonds is 9. The Morgan fingerprint density at radius 1 is 0.912 bits per heavy atom. The van der Waals surface area contributed by atoms with Crippen molar-refractivity contribution < 1.29 is 19.1 Å². The predicted molar refractivity (Wildman–Crippen MR) is 136 cm³/mol. The summed E-state index contributed by atoms with van der Waals surface area (Å²) in [6, 6.07) is 21.6. The van der Waals surface area contributed by atoms with E-state index in [9.17, 15) is 14.4 Å². The van der Waals surface area contributed by atoms with Gasteiger partial charge < -0.3 is 15.4 Å². The van der Waals surface area contributed by atoms with Crippen LogP contribution in [0.25, 0.3) is 11.1 Å². The number of thiophene rings is 2. The number of nitrogens with one attached hydrogen (secondary N) is 2. The summed E-state index contributed by atoms with van der Waals surface area (Å²) in [5, 5.41) is 9.97. The van der Waals surface area contributed by atoms with Crippen LogP contribution >= 0.6 is 22.7 Å². The third kappa shape index (κ3) is 5.24. The molecule has 2 aromatic heterocycles. The van der Waals surface area contributed by atoms with Gasteiger partial charge in [0.25, 0.3) is 5.91 Å². The van der Waals surface area contributed by atoms with Gasteiger partial charge in [-0.15, -0.1) is 22.7 Å². The predicted octanol–water partition coefficient (Wildman–Crippen LogP) is 5.70. The number of ether oxygens (including phenoxy) is 1. The van der Waals surface area contributed by atoms with Gasteiger partial charge in [0, 0.05) is 16.5 Å². The van der Waals surface area contributed by atoms with Crippen LogP contribution in [0, 0.1) is 0 Å². The Labute approximate surface area is 205 Å². The maximum atomic E-state index is 13.4. The fourth-order valence-corrected chi connectivity index (χ4v) is 4.99. The molecule has 1 atom stereocenters. The monoisotopic (exact) mass is 490 g/mol. The summed E-state index contributed by atoms with van der Waals surface area (Å²) in [5.41, 5.74) is 2.31. The van der Waals surface area contributed by atoms with Crippen LogP contribution in [0.2, 0.25) is 0 Å². The smallest absolute Gasteiger partial charge is 0.341 e. The fraction of sp³-hybridized carbons (Fsp3) is 0.115. The maximum absolute atomic E-state index is 13.4. The van der Waals surface area contributed by atoms with Crippen LogP contribution in [0.15, 0.2) is 83.6 Å². The zero-order valence-electron chi connectivity index (χ0n) is 18.3. The van der Waals surface area contributed by atoms with Crippen LogP contribution in [0.1, 0.15) is 37.3 Å². The standard InChI is InChI=1S/C26H22N2O4S2/c1-2-32-26(31)21-19(17-10-5-3-6-11-17)16-34-25(21)28-23(22(29)18-12-7-4-8-13-18)27-24(30)20-14-9-15-33-20/h3-16,23,28H,2H2,1H3,(H,27,30)/t23-/m1/s1. The van der Waals surface area contributed by atoms with Crippen molar-refractivity contribution in [2.45, 2.75) is 13.1 Å². The van der Waals surface area contributed by atoms with Crippen LogP contribution in [0.4, 0.5) is 5.00 Å².